The number of phenolic OH excluding ortho intramolecular Hbond substituents is 1. The summed E-state index contributed by atoms with van der Waals surface area (Å²) in [5.41, 5.74) is 0.960. The minimum atomic E-state index is -0.438. The van der Waals surface area contributed by atoms with Gasteiger partial charge in [0.05, 0.1) is 13.7 Å². The van der Waals surface area contributed by atoms with Gasteiger partial charge in [-0.25, -0.2) is 0 Å². The molecule has 0 saturated carbocycles. The SMILES string of the molecule is CCOC(=O)CNC(=O)C(CC)Cc1c(I)cc(I)c(O)c1I. The highest BCUT2D eigenvalue weighted by Crippen LogP contribution is 2.34. The summed E-state index contributed by atoms with van der Waals surface area (Å²) in [6.07, 6.45) is 1.17. The number of hydrogen-bond acceptors (Lipinski definition) is 4. The molecule has 2 N–H and O–H groups in total. The van der Waals surface area contributed by atoms with Crippen LogP contribution in [-0.2, 0) is 20.7 Å². The van der Waals surface area contributed by atoms with E-state index >= 15 is 0 Å². The summed E-state index contributed by atoms with van der Waals surface area (Å²) in [4.78, 5) is 23.6. The Morgan fingerprint density at radius 1 is 1.26 bits per heavy atom. The van der Waals surface area contributed by atoms with Gasteiger partial charge in [-0.3, -0.25) is 9.59 Å². The molecule has 0 fully saturated rings. The minimum absolute atomic E-state index is 0.116. The molecule has 0 bridgehead atoms. The zero-order valence-electron chi connectivity index (χ0n) is 12.8. The van der Waals surface area contributed by atoms with E-state index in [-0.39, 0.29) is 24.1 Å². The van der Waals surface area contributed by atoms with E-state index in [2.05, 4.69) is 73.1 Å². The molecule has 1 rings (SSSR count). The predicted molar refractivity (Wildman–Crippen MR) is 113 cm³/mol. The van der Waals surface area contributed by atoms with Gasteiger partial charge >= 0.3 is 5.97 Å². The van der Waals surface area contributed by atoms with Crippen LogP contribution in [0.15, 0.2) is 6.07 Å². The van der Waals surface area contributed by atoms with Gasteiger partial charge in [-0.1, -0.05) is 6.92 Å². The summed E-state index contributed by atoms with van der Waals surface area (Å²) >= 11 is 6.41. The van der Waals surface area contributed by atoms with Crippen LogP contribution in [0.25, 0.3) is 0 Å². The number of ether oxygens (including phenoxy) is 1. The van der Waals surface area contributed by atoms with Gasteiger partial charge in [0, 0.05) is 9.49 Å². The van der Waals surface area contributed by atoms with Crippen LogP contribution in [-0.4, -0.2) is 30.1 Å². The van der Waals surface area contributed by atoms with Crippen molar-refractivity contribution in [3.8, 4) is 5.75 Å². The monoisotopic (exact) mass is 657 g/mol. The molecule has 1 aromatic carbocycles. The molecule has 5 nitrogen and oxygen atoms in total. The van der Waals surface area contributed by atoms with Crippen LogP contribution in [0.5, 0.6) is 5.75 Å². The van der Waals surface area contributed by atoms with E-state index in [9.17, 15) is 14.7 Å². The lowest BCUT2D eigenvalue weighted by molar-refractivity contribution is -0.143. The molecule has 0 saturated heterocycles. The first kappa shape index (κ1) is 21.2. The molecule has 0 aliphatic rings. The van der Waals surface area contributed by atoms with E-state index < -0.39 is 5.97 Å². The zero-order valence-corrected chi connectivity index (χ0v) is 19.3. The van der Waals surface area contributed by atoms with E-state index in [0.29, 0.717) is 19.4 Å². The maximum atomic E-state index is 12.3. The average molecular weight is 657 g/mol. The number of nitrogens with one attached hydrogen (secondary N) is 1. The molecular formula is C15H18I3NO4. The maximum absolute atomic E-state index is 12.3. The van der Waals surface area contributed by atoms with Crippen molar-refractivity contribution < 1.29 is 19.4 Å². The number of hydrogen-bond donors (Lipinski definition) is 2. The first-order valence-electron chi connectivity index (χ1n) is 7.10. The Morgan fingerprint density at radius 2 is 1.91 bits per heavy atom. The highest BCUT2D eigenvalue weighted by atomic mass is 127. The second-order valence-corrected chi connectivity index (χ2v) is 8.22. The molecular weight excluding hydrogens is 639 g/mol. The van der Waals surface area contributed by atoms with Crippen LogP contribution in [0.2, 0.25) is 0 Å². The van der Waals surface area contributed by atoms with E-state index in [1.165, 1.54) is 0 Å². The molecule has 8 heteroatoms. The summed E-state index contributed by atoms with van der Waals surface area (Å²) in [7, 11) is 0. The minimum Gasteiger partial charge on any atom is -0.506 e. The normalized spacial score (nSPS) is 11.9. The highest BCUT2D eigenvalue weighted by molar-refractivity contribution is 14.1. The van der Waals surface area contributed by atoms with Gasteiger partial charge in [0.15, 0.2) is 0 Å². The van der Waals surface area contributed by atoms with Crippen molar-refractivity contribution >= 4 is 79.6 Å². The molecule has 23 heavy (non-hydrogen) atoms. The van der Waals surface area contributed by atoms with Gasteiger partial charge < -0.3 is 15.2 Å². The smallest absolute Gasteiger partial charge is 0.325 e. The molecule has 0 heterocycles. The van der Waals surface area contributed by atoms with Gasteiger partial charge in [0.25, 0.3) is 0 Å². The molecule has 0 spiro atoms. The fraction of sp³-hybridized carbons (Fsp3) is 0.467. The van der Waals surface area contributed by atoms with Crippen molar-refractivity contribution in [2.24, 2.45) is 5.92 Å². The number of aromatic hydroxyl groups is 1. The summed E-state index contributed by atoms with van der Waals surface area (Å²) in [5.74, 6) is -0.619. The third-order valence-corrected chi connectivity index (χ3v) is 6.21. The van der Waals surface area contributed by atoms with Crippen LogP contribution in [0.3, 0.4) is 0 Å². The van der Waals surface area contributed by atoms with Gasteiger partial charge in [-0.05, 0) is 99.2 Å². The molecule has 1 amide bonds. The molecule has 0 radical (unpaired) electrons. The summed E-state index contributed by atoms with van der Waals surface area (Å²) in [5, 5.41) is 12.7. The maximum Gasteiger partial charge on any atom is 0.325 e. The van der Waals surface area contributed by atoms with Gasteiger partial charge in [-0.2, -0.15) is 0 Å². The quantitative estimate of drug-likeness (QED) is 0.349. The average Bonchev–Trinajstić information content (AvgIpc) is 2.51. The Morgan fingerprint density at radius 3 is 2.48 bits per heavy atom. The fourth-order valence-corrected chi connectivity index (χ4v) is 5.80. The van der Waals surface area contributed by atoms with Gasteiger partial charge in [0.1, 0.15) is 12.3 Å². The molecule has 1 atom stereocenters. The number of phenols is 1. The number of carbonyl (C=O) groups excluding carboxylic acids is 2. The predicted octanol–water partition coefficient (Wildman–Crippen LogP) is 3.45. The van der Waals surface area contributed by atoms with E-state index in [1.807, 2.05) is 13.0 Å². The summed E-state index contributed by atoms with van der Waals surface area (Å²) in [6.45, 7) is 3.84. The Labute approximate surface area is 176 Å². The van der Waals surface area contributed by atoms with Crippen LogP contribution >= 0.6 is 67.8 Å². The van der Waals surface area contributed by atoms with Crippen LogP contribution < -0.4 is 5.32 Å². The van der Waals surface area contributed by atoms with Crippen molar-refractivity contribution in [2.45, 2.75) is 26.7 Å². The third kappa shape index (κ3) is 6.18. The van der Waals surface area contributed by atoms with Crippen LogP contribution in [0.4, 0.5) is 0 Å². The van der Waals surface area contributed by atoms with E-state index in [0.717, 1.165) is 16.3 Å². The number of amides is 1. The highest BCUT2D eigenvalue weighted by Gasteiger charge is 2.22. The Kier molecular flexibility index (Phi) is 9.41. The summed E-state index contributed by atoms with van der Waals surface area (Å²) < 4.78 is 7.39. The number of benzene rings is 1. The zero-order chi connectivity index (χ0) is 17.6. The van der Waals surface area contributed by atoms with Crippen molar-refractivity contribution in [3.05, 3.63) is 22.3 Å². The fourth-order valence-electron chi connectivity index (χ4n) is 1.99. The second kappa shape index (κ2) is 10.2. The van der Waals surface area contributed by atoms with E-state index in [4.69, 9.17) is 4.74 Å². The van der Waals surface area contributed by atoms with Crippen molar-refractivity contribution in [1.29, 1.82) is 0 Å². The molecule has 128 valence electrons. The van der Waals surface area contributed by atoms with Crippen molar-refractivity contribution in [3.63, 3.8) is 0 Å². The number of halogens is 3. The van der Waals surface area contributed by atoms with Gasteiger partial charge in [0.2, 0.25) is 5.91 Å². The van der Waals surface area contributed by atoms with Crippen molar-refractivity contribution in [2.75, 3.05) is 13.2 Å². The number of esters is 1. The standard InChI is InChI=1S/C15H18I3NO4/c1-3-8(15(22)19-7-12(20)23-4-2)5-9-10(16)6-11(17)14(21)13(9)18/h6,8,21H,3-5,7H2,1-2H3,(H,19,22). The second-order valence-electron chi connectivity index (χ2n) is 4.81. The number of rotatable bonds is 7. The topological polar surface area (TPSA) is 75.6 Å². The van der Waals surface area contributed by atoms with Crippen LogP contribution in [0, 0.1) is 16.6 Å². The van der Waals surface area contributed by atoms with Gasteiger partial charge in [-0.15, -0.1) is 0 Å². The van der Waals surface area contributed by atoms with Crippen LogP contribution in [0.1, 0.15) is 25.8 Å². The molecule has 1 unspecified atom stereocenters. The lowest BCUT2D eigenvalue weighted by atomic mass is 9.96. The number of carbonyl (C=O) groups is 2. The first-order valence-corrected chi connectivity index (χ1v) is 10.3. The molecule has 0 aliphatic carbocycles. The Balaban J connectivity index is 2.82. The largest absolute Gasteiger partial charge is 0.506 e. The molecule has 0 aromatic heterocycles. The Bertz CT molecular complexity index is 593. The summed E-state index contributed by atoms with van der Waals surface area (Å²) in [6, 6.07) is 1.90. The van der Waals surface area contributed by atoms with Crippen molar-refractivity contribution in [1.82, 2.24) is 5.32 Å². The first-order chi connectivity index (χ1) is 10.8. The lowest BCUT2D eigenvalue weighted by Crippen LogP contribution is -2.36. The third-order valence-electron chi connectivity index (χ3n) is 3.27. The Hall–Kier alpha value is 0.150. The molecule has 0 aliphatic heterocycles. The van der Waals surface area contributed by atoms with E-state index in [1.54, 1.807) is 6.92 Å². The molecule has 1 aromatic rings. The lowest BCUT2D eigenvalue weighted by Gasteiger charge is -2.18.